The molecule has 1 saturated heterocycles. The number of carbonyl (C=O) groups is 1. The van der Waals surface area contributed by atoms with E-state index >= 15 is 0 Å². The number of hydrogen-bond acceptors (Lipinski definition) is 3. The van der Waals surface area contributed by atoms with Crippen LogP contribution in [0.3, 0.4) is 0 Å². The molecule has 0 spiro atoms. The summed E-state index contributed by atoms with van der Waals surface area (Å²) in [7, 11) is 0. The van der Waals surface area contributed by atoms with E-state index in [-0.39, 0.29) is 18.1 Å². The van der Waals surface area contributed by atoms with E-state index in [1.54, 1.807) is 17.0 Å². The minimum atomic E-state index is -0.442. The number of benzene rings is 1. The molecule has 0 aliphatic carbocycles. The van der Waals surface area contributed by atoms with Crippen LogP contribution < -0.4 is 16.0 Å². The quantitative estimate of drug-likeness (QED) is 0.690. The lowest BCUT2D eigenvalue weighted by Crippen LogP contribution is -2.33. The van der Waals surface area contributed by atoms with E-state index in [0.29, 0.717) is 18.8 Å². The predicted molar refractivity (Wildman–Crippen MR) is 60.7 cm³/mol. The van der Waals surface area contributed by atoms with Crippen LogP contribution in [0.5, 0.6) is 0 Å². The molecule has 0 bridgehead atoms. The lowest BCUT2D eigenvalue weighted by atomic mass is 10.2. The van der Waals surface area contributed by atoms with Crippen molar-refractivity contribution < 1.29 is 9.18 Å². The molecule has 0 aromatic heterocycles. The third kappa shape index (κ3) is 2.08. The van der Waals surface area contributed by atoms with Crippen LogP contribution in [0.2, 0.25) is 0 Å². The molecule has 16 heavy (non-hydrogen) atoms. The van der Waals surface area contributed by atoms with Crippen LogP contribution in [0, 0.1) is 5.82 Å². The highest BCUT2D eigenvalue weighted by Gasteiger charge is 2.17. The van der Waals surface area contributed by atoms with Gasteiger partial charge in [0.15, 0.2) is 0 Å². The van der Waals surface area contributed by atoms with Gasteiger partial charge in [-0.15, -0.1) is 0 Å². The summed E-state index contributed by atoms with van der Waals surface area (Å²) < 4.78 is 13.3. The normalized spacial score (nSPS) is 16.8. The molecule has 1 heterocycles. The molecule has 1 fully saturated rings. The Labute approximate surface area is 93.2 Å². The van der Waals surface area contributed by atoms with Crippen LogP contribution in [0.25, 0.3) is 0 Å². The van der Waals surface area contributed by atoms with Crippen molar-refractivity contribution in [3.8, 4) is 0 Å². The molecule has 1 amide bonds. The highest BCUT2D eigenvalue weighted by atomic mass is 19.1. The molecule has 1 aliphatic rings. The minimum absolute atomic E-state index is 0.0545. The topological polar surface area (TPSA) is 58.4 Å². The summed E-state index contributed by atoms with van der Waals surface area (Å²) in [5.74, 6) is -0.497. The molecule has 0 unspecified atom stereocenters. The first-order valence-corrected chi connectivity index (χ1v) is 5.24. The molecule has 2 rings (SSSR count). The Morgan fingerprint density at radius 2 is 2.25 bits per heavy atom. The summed E-state index contributed by atoms with van der Waals surface area (Å²) in [6, 6.07) is 4.65. The van der Waals surface area contributed by atoms with Gasteiger partial charge in [0.1, 0.15) is 5.82 Å². The maximum absolute atomic E-state index is 13.3. The van der Waals surface area contributed by atoms with Gasteiger partial charge in [-0.3, -0.25) is 4.79 Å². The van der Waals surface area contributed by atoms with E-state index in [1.807, 2.05) is 0 Å². The third-order valence-corrected chi connectivity index (χ3v) is 2.63. The number of nitrogens with one attached hydrogen (secondary N) is 1. The Kier molecular flexibility index (Phi) is 2.94. The molecule has 4 nitrogen and oxygen atoms in total. The zero-order valence-electron chi connectivity index (χ0n) is 8.87. The number of nitrogens with two attached hydrogens (primary N) is 1. The zero-order chi connectivity index (χ0) is 11.5. The van der Waals surface area contributed by atoms with Crippen molar-refractivity contribution in [2.24, 2.45) is 0 Å². The SMILES string of the molecule is Nc1c(F)cccc1N1CCCNC(=O)C1. The Morgan fingerprint density at radius 3 is 3.06 bits per heavy atom. The molecule has 5 heteroatoms. The number of amides is 1. The van der Waals surface area contributed by atoms with Gasteiger partial charge >= 0.3 is 0 Å². The van der Waals surface area contributed by atoms with Crippen molar-refractivity contribution in [3.63, 3.8) is 0 Å². The molecule has 86 valence electrons. The molecule has 0 atom stereocenters. The Bertz CT molecular complexity index is 408. The number of anilines is 2. The van der Waals surface area contributed by atoms with Gasteiger partial charge in [0.25, 0.3) is 0 Å². The van der Waals surface area contributed by atoms with Crippen molar-refractivity contribution in [2.75, 3.05) is 30.3 Å². The molecular weight excluding hydrogens is 209 g/mol. The lowest BCUT2D eigenvalue weighted by Gasteiger charge is -2.22. The molecule has 1 aromatic rings. The number of nitrogens with zero attached hydrogens (tertiary/aromatic N) is 1. The van der Waals surface area contributed by atoms with Gasteiger partial charge < -0.3 is 16.0 Å². The number of para-hydroxylation sites is 1. The van der Waals surface area contributed by atoms with Gasteiger partial charge in [-0.1, -0.05) is 6.07 Å². The van der Waals surface area contributed by atoms with Crippen molar-refractivity contribution in [3.05, 3.63) is 24.0 Å². The Hall–Kier alpha value is -1.78. The van der Waals surface area contributed by atoms with Crippen LogP contribution >= 0.6 is 0 Å². The highest BCUT2D eigenvalue weighted by Crippen LogP contribution is 2.25. The number of rotatable bonds is 1. The van der Waals surface area contributed by atoms with Crippen LogP contribution in [-0.4, -0.2) is 25.5 Å². The van der Waals surface area contributed by atoms with E-state index in [2.05, 4.69) is 5.32 Å². The predicted octanol–water partition coefficient (Wildman–Crippen LogP) is 0.734. The van der Waals surface area contributed by atoms with Gasteiger partial charge in [-0.25, -0.2) is 4.39 Å². The maximum atomic E-state index is 13.3. The van der Waals surface area contributed by atoms with Crippen LogP contribution in [0.15, 0.2) is 18.2 Å². The standard InChI is InChI=1S/C11H14FN3O/c12-8-3-1-4-9(11(8)13)15-6-2-5-14-10(16)7-15/h1,3-4H,2,5-7,13H2,(H,14,16). The smallest absolute Gasteiger partial charge is 0.239 e. The third-order valence-electron chi connectivity index (χ3n) is 2.63. The Morgan fingerprint density at radius 1 is 1.44 bits per heavy atom. The van der Waals surface area contributed by atoms with E-state index in [1.165, 1.54) is 6.07 Å². The average molecular weight is 223 g/mol. The molecule has 1 aliphatic heterocycles. The van der Waals surface area contributed by atoms with Gasteiger partial charge in [-0.2, -0.15) is 0 Å². The van der Waals surface area contributed by atoms with Gasteiger partial charge in [0.05, 0.1) is 17.9 Å². The van der Waals surface area contributed by atoms with Gasteiger partial charge in [0.2, 0.25) is 5.91 Å². The van der Waals surface area contributed by atoms with Crippen molar-refractivity contribution in [1.82, 2.24) is 5.32 Å². The monoisotopic (exact) mass is 223 g/mol. The lowest BCUT2D eigenvalue weighted by molar-refractivity contribution is -0.119. The van der Waals surface area contributed by atoms with Crippen molar-refractivity contribution in [2.45, 2.75) is 6.42 Å². The van der Waals surface area contributed by atoms with Gasteiger partial charge in [0, 0.05) is 13.1 Å². The fraction of sp³-hybridized carbons (Fsp3) is 0.364. The summed E-state index contributed by atoms with van der Waals surface area (Å²) in [6.07, 6.45) is 0.835. The second-order valence-electron chi connectivity index (χ2n) is 3.80. The van der Waals surface area contributed by atoms with Gasteiger partial charge in [-0.05, 0) is 18.6 Å². The highest BCUT2D eigenvalue weighted by molar-refractivity contribution is 5.83. The summed E-state index contributed by atoms with van der Waals surface area (Å²) in [6.45, 7) is 1.59. The summed E-state index contributed by atoms with van der Waals surface area (Å²) in [5.41, 5.74) is 6.36. The summed E-state index contributed by atoms with van der Waals surface area (Å²) >= 11 is 0. The van der Waals surface area contributed by atoms with Crippen molar-refractivity contribution >= 4 is 17.3 Å². The molecule has 0 saturated carbocycles. The molecule has 1 aromatic carbocycles. The molecule has 0 radical (unpaired) electrons. The fourth-order valence-electron chi connectivity index (χ4n) is 1.81. The molecular formula is C11H14FN3O. The first-order valence-electron chi connectivity index (χ1n) is 5.24. The maximum Gasteiger partial charge on any atom is 0.239 e. The number of hydrogen-bond donors (Lipinski definition) is 2. The number of carbonyl (C=O) groups excluding carboxylic acids is 1. The second-order valence-corrected chi connectivity index (χ2v) is 3.80. The first kappa shape index (κ1) is 10.7. The van der Waals surface area contributed by atoms with Crippen LogP contribution in [0.4, 0.5) is 15.8 Å². The second kappa shape index (κ2) is 4.38. The van der Waals surface area contributed by atoms with E-state index in [4.69, 9.17) is 5.73 Å². The largest absolute Gasteiger partial charge is 0.395 e. The fourth-order valence-corrected chi connectivity index (χ4v) is 1.81. The van der Waals surface area contributed by atoms with E-state index in [0.717, 1.165) is 6.42 Å². The Balaban J connectivity index is 2.28. The summed E-state index contributed by atoms with van der Waals surface area (Å²) in [4.78, 5) is 13.2. The van der Waals surface area contributed by atoms with E-state index in [9.17, 15) is 9.18 Å². The number of halogens is 1. The summed E-state index contributed by atoms with van der Waals surface area (Å²) in [5, 5.41) is 2.76. The number of nitrogen functional groups attached to an aromatic ring is 1. The first-order chi connectivity index (χ1) is 7.68. The van der Waals surface area contributed by atoms with Crippen LogP contribution in [0.1, 0.15) is 6.42 Å². The minimum Gasteiger partial charge on any atom is -0.395 e. The average Bonchev–Trinajstić information content (AvgIpc) is 2.47. The van der Waals surface area contributed by atoms with Crippen LogP contribution in [-0.2, 0) is 4.79 Å². The van der Waals surface area contributed by atoms with Crippen molar-refractivity contribution in [1.29, 1.82) is 0 Å². The molecule has 3 N–H and O–H groups in total. The van der Waals surface area contributed by atoms with E-state index < -0.39 is 5.82 Å². The zero-order valence-corrected chi connectivity index (χ0v) is 8.87.